The fourth-order valence-electron chi connectivity index (χ4n) is 0.847. The van der Waals surface area contributed by atoms with Crippen LogP contribution in [0.15, 0.2) is 18.2 Å². The number of rotatable bonds is 4. The molecule has 0 aromatic heterocycles. The number of phenolic OH excluding ortho intramolecular Hbond substituents is 1. The van der Waals surface area contributed by atoms with Gasteiger partial charge in [-0.3, -0.25) is 0 Å². The smallest absolute Gasteiger partial charge is 0.194 e. The van der Waals surface area contributed by atoms with Gasteiger partial charge in [-0.2, -0.15) is 0 Å². The highest BCUT2D eigenvalue weighted by molar-refractivity contribution is 5.39. The first kappa shape index (κ1) is 9.80. The van der Waals surface area contributed by atoms with E-state index in [4.69, 9.17) is 14.6 Å². The SMILES string of the molecule is COCCOc1cccc(F)c1O. The molecule has 1 aromatic carbocycles. The molecular weight excluding hydrogens is 175 g/mol. The Labute approximate surface area is 75.7 Å². The van der Waals surface area contributed by atoms with Crippen LogP contribution in [-0.2, 0) is 4.74 Å². The van der Waals surface area contributed by atoms with Crippen molar-refractivity contribution in [2.75, 3.05) is 20.3 Å². The van der Waals surface area contributed by atoms with Crippen molar-refractivity contribution in [3.63, 3.8) is 0 Å². The lowest BCUT2D eigenvalue weighted by molar-refractivity contribution is 0.144. The minimum atomic E-state index is -0.685. The largest absolute Gasteiger partial charge is 0.502 e. The van der Waals surface area contributed by atoms with Crippen LogP contribution in [-0.4, -0.2) is 25.4 Å². The zero-order chi connectivity index (χ0) is 9.68. The maximum Gasteiger partial charge on any atom is 0.194 e. The maximum absolute atomic E-state index is 12.7. The van der Waals surface area contributed by atoms with Crippen molar-refractivity contribution in [2.45, 2.75) is 0 Å². The average Bonchev–Trinajstić information content (AvgIpc) is 2.13. The first-order chi connectivity index (χ1) is 6.25. The highest BCUT2D eigenvalue weighted by atomic mass is 19.1. The van der Waals surface area contributed by atoms with Gasteiger partial charge in [-0.15, -0.1) is 0 Å². The quantitative estimate of drug-likeness (QED) is 0.725. The number of hydrogen-bond acceptors (Lipinski definition) is 3. The van der Waals surface area contributed by atoms with Gasteiger partial charge in [0.1, 0.15) is 6.61 Å². The first-order valence-electron chi connectivity index (χ1n) is 3.85. The molecule has 72 valence electrons. The second-order valence-corrected chi connectivity index (χ2v) is 2.43. The van der Waals surface area contributed by atoms with Gasteiger partial charge >= 0.3 is 0 Å². The van der Waals surface area contributed by atoms with E-state index in [0.717, 1.165) is 0 Å². The van der Waals surface area contributed by atoms with Crippen LogP contribution < -0.4 is 4.74 Å². The van der Waals surface area contributed by atoms with Gasteiger partial charge in [0.2, 0.25) is 0 Å². The first-order valence-corrected chi connectivity index (χ1v) is 3.85. The summed E-state index contributed by atoms with van der Waals surface area (Å²) in [5, 5.41) is 9.16. The number of hydrogen-bond donors (Lipinski definition) is 1. The second kappa shape index (κ2) is 4.67. The number of halogens is 1. The summed E-state index contributed by atoms with van der Waals surface area (Å²) in [6, 6.07) is 4.13. The molecule has 0 amide bonds. The van der Waals surface area contributed by atoms with Gasteiger partial charge in [0, 0.05) is 7.11 Å². The molecule has 3 nitrogen and oxygen atoms in total. The molecular formula is C9H11FO3. The van der Waals surface area contributed by atoms with Crippen LogP contribution >= 0.6 is 0 Å². The summed E-state index contributed by atoms with van der Waals surface area (Å²) in [6.45, 7) is 0.684. The van der Waals surface area contributed by atoms with E-state index in [9.17, 15) is 4.39 Å². The van der Waals surface area contributed by atoms with Crippen LogP contribution in [0, 0.1) is 5.82 Å². The van der Waals surface area contributed by atoms with E-state index in [-0.39, 0.29) is 12.4 Å². The Morgan fingerprint density at radius 2 is 2.15 bits per heavy atom. The van der Waals surface area contributed by atoms with Crippen LogP contribution in [0.4, 0.5) is 4.39 Å². The van der Waals surface area contributed by atoms with Gasteiger partial charge in [0.15, 0.2) is 17.3 Å². The lowest BCUT2D eigenvalue weighted by Gasteiger charge is -2.06. The molecule has 0 saturated carbocycles. The monoisotopic (exact) mass is 186 g/mol. The molecule has 0 aliphatic carbocycles. The summed E-state index contributed by atoms with van der Waals surface area (Å²) in [5.41, 5.74) is 0. The van der Waals surface area contributed by atoms with Crippen LogP contribution in [0.1, 0.15) is 0 Å². The van der Waals surface area contributed by atoms with Crippen LogP contribution in [0.25, 0.3) is 0 Å². The van der Waals surface area contributed by atoms with Crippen molar-refractivity contribution in [3.05, 3.63) is 24.0 Å². The molecule has 0 spiro atoms. The zero-order valence-electron chi connectivity index (χ0n) is 7.29. The van der Waals surface area contributed by atoms with E-state index >= 15 is 0 Å². The van der Waals surface area contributed by atoms with Crippen LogP contribution in [0.3, 0.4) is 0 Å². The molecule has 0 aliphatic rings. The molecule has 1 rings (SSSR count). The highest BCUT2D eigenvalue weighted by Crippen LogP contribution is 2.27. The Balaban J connectivity index is 2.61. The van der Waals surface area contributed by atoms with Crippen LogP contribution in [0.2, 0.25) is 0 Å². The number of ether oxygens (including phenoxy) is 2. The third kappa shape index (κ3) is 2.59. The minimum Gasteiger partial charge on any atom is -0.502 e. The van der Waals surface area contributed by atoms with Gasteiger partial charge in [0.25, 0.3) is 0 Å². The van der Waals surface area contributed by atoms with E-state index in [1.54, 1.807) is 0 Å². The number of para-hydroxylation sites is 1. The van der Waals surface area contributed by atoms with Gasteiger partial charge in [-0.25, -0.2) is 4.39 Å². The average molecular weight is 186 g/mol. The standard InChI is InChI=1S/C9H11FO3/c1-12-5-6-13-8-4-2-3-7(10)9(8)11/h2-4,11H,5-6H2,1H3. The van der Waals surface area contributed by atoms with Crippen molar-refractivity contribution in [3.8, 4) is 11.5 Å². The van der Waals surface area contributed by atoms with Gasteiger partial charge < -0.3 is 14.6 Å². The lowest BCUT2D eigenvalue weighted by atomic mass is 10.3. The molecule has 0 radical (unpaired) electrons. The summed E-state index contributed by atoms with van der Waals surface area (Å²) in [4.78, 5) is 0. The summed E-state index contributed by atoms with van der Waals surface area (Å²) in [6.07, 6.45) is 0. The zero-order valence-corrected chi connectivity index (χ0v) is 7.29. The van der Waals surface area contributed by atoms with Gasteiger partial charge in [-0.1, -0.05) is 6.07 Å². The Morgan fingerprint density at radius 1 is 1.38 bits per heavy atom. The number of phenols is 1. The Kier molecular flexibility index (Phi) is 3.52. The number of methoxy groups -OCH3 is 1. The molecule has 1 aromatic rings. The normalized spacial score (nSPS) is 10.0. The number of aromatic hydroxyl groups is 1. The third-order valence-corrected chi connectivity index (χ3v) is 1.49. The molecule has 4 heteroatoms. The predicted octanol–water partition coefficient (Wildman–Crippen LogP) is 1.56. The second-order valence-electron chi connectivity index (χ2n) is 2.43. The van der Waals surface area contributed by atoms with E-state index in [0.29, 0.717) is 6.61 Å². The van der Waals surface area contributed by atoms with Crippen molar-refractivity contribution in [1.82, 2.24) is 0 Å². The molecule has 0 heterocycles. The summed E-state index contributed by atoms with van der Waals surface area (Å²) < 4.78 is 22.5. The minimum absolute atomic E-state index is 0.136. The Hall–Kier alpha value is -1.29. The molecule has 0 bridgehead atoms. The summed E-state index contributed by atoms with van der Waals surface area (Å²) >= 11 is 0. The molecule has 13 heavy (non-hydrogen) atoms. The molecule has 1 N–H and O–H groups in total. The van der Waals surface area contributed by atoms with Crippen molar-refractivity contribution >= 4 is 0 Å². The topological polar surface area (TPSA) is 38.7 Å². The van der Waals surface area contributed by atoms with Gasteiger partial charge in [-0.05, 0) is 12.1 Å². The van der Waals surface area contributed by atoms with Gasteiger partial charge in [0.05, 0.1) is 6.61 Å². The van der Waals surface area contributed by atoms with E-state index < -0.39 is 11.6 Å². The third-order valence-electron chi connectivity index (χ3n) is 1.49. The fourth-order valence-corrected chi connectivity index (χ4v) is 0.847. The lowest BCUT2D eigenvalue weighted by Crippen LogP contribution is -2.04. The Morgan fingerprint density at radius 3 is 2.85 bits per heavy atom. The predicted molar refractivity (Wildman–Crippen MR) is 45.4 cm³/mol. The molecule has 0 unspecified atom stereocenters. The maximum atomic E-state index is 12.7. The van der Waals surface area contributed by atoms with E-state index in [1.165, 1.54) is 25.3 Å². The van der Waals surface area contributed by atoms with Crippen molar-refractivity contribution in [1.29, 1.82) is 0 Å². The Bertz CT molecular complexity index is 276. The van der Waals surface area contributed by atoms with Crippen molar-refractivity contribution in [2.24, 2.45) is 0 Å². The van der Waals surface area contributed by atoms with Crippen LogP contribution in [0.5, 0.6) is 11.5 Å². The summed E-state index contributed by atoms with van der Waals surface area (Å²) in [5.74, 6) is -1.01. The van der Waals surface area contributed by atoms with Crippen molar-refractivity contribution < 1.29 is 19.0 Å². The number of benzene rings is 1. The molecule has 0 fully saturated rings. The molecule has 0 aliphatic heterocycles. The summed E-state index contributed by atoms with van der Waals surface area (Å²) in [7, 11) is 1.54. The molecule has 0 saturated heterocycles. The molecule has 0 atom stereocenters. The van der Waals surface area contributed by atoms with E-state index in [2.05, 4.69) is 0 Å². The van der Waals surface area contributed by atoms with E-state index in [1.807, 2.05) is 0 Å². The fraction of sp³-hybridized carbons (Fsp3) is 0.333. The highest BCUT2D eigenvalue weighted by Gasteiger charge is 2.06.